The molecule has 2 nitrogen and oxygen atoms in total. The first-order valence-electron chi connectivity index (χ1n) is 8.61. The quantitative estimate of drug-likeness (QED) is 0.455. The Morgan fingerprint density at radius 2 is 1.39 bits per heavy atom. The van der Waals surface area contributed by atoms with Crippen molar-refractivity contribution in [2.75, 3.05) is 6.61 Å². The zero-order valence-electron chi connectivity index (χ0n) is 14.2. The molecule has 0 saturated heterocycles. The average molecular weight is 310 g/mol. The van der Waals surface area contributed by atoms with Crippen molar-refractivity contribution in [3.05, 3.63) is 65.2 Å². The summed E-state index contributed by atoms with van der Waals surface area (Å²) in [5, 5.41) is 0. The van der Waals surface area contributed by atoms with E-state index >= 15 is 0 Å². The molecule has 0 aliphatic carbocycles. The van der Waals surface area contributed by atoms with E-state index in [1.54, 1.807) is 0 Å². The molecule has 0 spiro atoms. The molecule has 0 heterocycles. The molecule has 2 aromatic carbocycles. The highest BCUT2D eigenvalue weighted by Crippen LogP contribution is 2.17. The predicted molar refractivity (Wildman–Crippen MR) is 95.3 cm³/mol. The molecular formula is C21H26O2. The molecule has 0 aliphatic heterocycles. The number of rotatable bonds is 9. The van der Waals surface area contributed by atoms with Crippen molar-refractivity contribution in [3.63, 3.8) is 0 Å². The molecule has 0 bridgehead atoms. The topological polar surface area (TPSA) is 26.3 Å². The van der Waals surface area contributed by atoms with E-state index in [9.17, 15) is 4.79 Å². The fourth-order valence-electron chi connectivity index (χ4n) is 2.41. The van der Waals surface area contributed by atoms with Crippen molar-refractivity contribution in [1.82, 2.24) is 0 Å². The number of carbonyl (C=O) groups is 1. The Labute approximate surface area is 139 Å². The van der Waals surface area contributed by atoms with Crippen molar-refractivity contribution < 1.29 is 9.53 Å². The number of unbranched alkanes of at least 4 members (excludes halogenated alkanes) is 2. The van der Waals surface area contributed by atoms with E-state index < -0.39 is 0 Å². The van der Waals surface area contributed by atoms with Gasteiger partial charge in [-0.2, -0.15) is 0 Å². The minimum absolute atomic E-state index is 0.0622. The zero-order valence-corrected chi connectivity index (χ0v) is 14.2. The maximum Gasteiger partial charge on any atom is 0.193 e. The van der Waals surface area contributed by atoms with Crippen molar-refractivity contribution in [3.8, 4) is 5.75 Å². The van der Waals surface area contributed by atoms with Gasteiger partial charge in [0, 0.05) is 11.1 Å². The van der Waals surface area contributed by atoms with E-state index in [2.05, 4.69) is 26.0 Å². The number of hydrogen-bond acceptors (Lipinski definition) is 2. The summed E-state index contributed by atoms with van der Waals surface area (Å²) in [6.07, 6.45) is 5.62. The van der Waals surface area contributed by atoms with Gasteiger partial charge < -0.3 is 4.74 Å². The van der Waals surface area contributed by atoms with E-state index in [-0.39, 0.29) is 5.78 Å². The summed E-state index contributed by atoms with van der Waals surface area (Å²) >= 11 is 0. The molecule has 0 fully saturated rings. The molecule has 0 radical (unpaired) electrons. The molecule has 0 aromatic heterocycles. The second-order valence-corrected chi connectivity index (χ2v) is 5.86. The fraction of sp³-hybridized carbons (Fsp3) is 0.381. The van der Waals surface area contributed by atoms with Gasteiger partial charge in [-0.3, -0.25) is 4.79 Å². The molecule has 122 valence electrons. The summed E-state index contributed by atoms with van der Waals surface area (Å²) in [5.74, 6) is 0.886. The van der Waals surface area contributed by atoms with Crippen molar-refractivity contribution in [1.29, 1.82) is 0 Å². The minimum atomic E-state index is 0.0622. The lowest BCUT2D eigenvalue weighted by atomic mass is 10.0. The number of carbonyl (C=O) groups excluding carboxylic acids is 1. The first-order chi connectivity index (χ1) is 11.2. The van der Waals surface area contributed by atoms with Gasteiger partial charge in [-0.15, -0.1) is 0 Å². The average Bonchev–Trinajstić information content (AvgIpc) is 2.61. The fourth-order valence-corrected chi connectivity index (χ4v) is 2.41. The summed E-state index contributed by atoms with van der Waals surface area (Å²) in [4.78, 5) is 12.5. The van der Waals surface area contributed by atoms with E-state index in [1.807, 2.05) is 36.4 Å². The second-order valence-electron chi connectivity index (χ2n) is 5.86. The highest BCUT2D eigenvalue weighted by molar-refractivity contribution is 6.09. The largest absolute Gasteiger partial charge is 0.494 e. The number of benzene rings is 2. The van der Waals surface area contributed by atoms with Gasteiger partial charge in [0.25, 0.3) is 0 Å². The van der Waals surface area contributed by atoms with E-state index in [0.717, 1.165) is 37.2 Å². The molecule has 0 saturated carbocycles. The van der Waals surface area contributed by atoms with E-state index in [4.69, 9.17) is 4.74 Å². The molecule has 0 N–H and O–H groups in total. The van der Waals surface area contributed by atoms with Crippen LogP contribution < -0.4 is 4.74 Å². The smallest absolute Gasteiger partial charge is 0.193 e. The first-order valence-corrected chi connectivity index (χ1v) is 8.61. The van der Waals surface area contributed by atoms with Crippen LogP contribution in [-0.4, -0.2) is 12.4 Å². The maximum absolute atomic E-state index is 12.5. The molecule has 2 heteroatoms. The normalized spacial score (nSPS) is 10.5. The standard InChI is InChI=1S/C21H26O2/c1-3-5-7-17-8-10-18(11-9-17)21(22)19-12-14-20(15-13-19)23-16-6-4-2/h8-15H,3-7,16H2,1-2H3. The molecule has 0 unspecified atom stereocenters. The number of hydrogen-bond donors (Lipinski definition) is 0. The minimum Gasteiger partial charge on any atom is -0.494 e. The van der Waals surface area contributed by atoms with Crippen LogP contribution in [0, 0.1) is 0 Å². The van der Waals surface area contributed by atoms with Crippen LogP contribution >= 0.6 is 0 Å². The molecule has 0 aliphatic rings. The van der Waals surface area contributed by atoms with Gasteiger partial charge >= 0.3 is 0 Å². The summed E-state index contributed by atoms with van der Waals surface area (Å²) < 4.78 is 5.63. The Balaban J connectivity index is 1.99. The Hall–Kier alpha value is -2.09. The van der Waals surface area contributed by atoms with Crippen LogP contribution in [0.4, 0.5) is 0 Å². The monoisotopic (exact) mass is 310 g/mol. The van der Waals surface area contributed by atoms with Gasteiger partial charge in [0.2, 0.25) is 0 Å². The predicted octanol–water partition coefficient (Wildman–Crippen LogP) is 5.44. The number of ether oxygens (including phenoxy) is 1. The molecule has 2 rings (SSSR count). The van der Waals surface area contributed by atoms with Gasteiger partial charge in [0.15, 0.2) is 5.78 Å². The molecule has 0 amide bonds. The van der Waals surface area contributed by atoms with Crippen LogP contribution in [0.3, 0.4) is 0 Å². The lowest BCUT2D eigenvalue weighted by Gasteiger charge is -2.07. The summed E-state index contributed by atoms with van der Waals surface area (Å²) in [6, 6.07) is 15.4. The third kappa shape index (κ3) is 5.24. The van der Waals surface area contributed by atoms with Crippen LogP contribution in [-0.2, 0) is 6.42 Å². The Bertz CT molecular complexity index is 597. The highest BCUT2D eigenvalue weighted by atomic mass is 16.5. The molecule has 2 aromatic rings. The van der Waals surface area contributed by atoms with Crippen LogP contribution in [0.1, 0.15) is 61.0 Å². The Kier molecular flexibility index (Phi) is 6.86. The summed E-state index contributed by atoms with van der Waals surface area (Å²) in [5.41, 5.74) is 2.74. The van der Waals surface area contributed by atoms with Gasteiger partial charge in [-0.05, 0) is 49.1 Å². The zero-order chi connectivity index (χ0) is 16.5. The highest BCUT2D eigenvalue weighted by Gasteiger charge is 2.09. The van der Waals surface area contributed by atoms with Crippen LogP contribution in [0.15, 0.2) is 48.5 Å². The first kappa shape index (κ1) is 17.3. The van der Waals surface area contributed by atoms with Crippen molar-refractivity contribution in [2.24, 2.45) is 0 Å². The molecule has 0 atom stereocenters. The van der Waals surface area contributed by atoms with Gasteiger partial charge in [-0.1, -0.05) is 51.0 Å². The van der Waals surface area contributed by atoms with E-state index in [0.29, 0.717) is 5.56 Å². The lowest BCUT2D eigenvalue weighted by molar-refractivity contribution is 0.103. The summed E-state index contributed by atoms with van der Waals surface area (Å²) in [6.45, 7) is 5.05. The number of aryl methyl sites for hydroxylation is 1. The van der Waals surface area contributed by atoms with Crippen LogP contribution in [0.5, 0.6) is 5.75 Å². The lowest BCUT2D eigenvalue weighted by Crippen LogP contribution is -2.02. The van der Waals surface area contributed by atoms with Gasteiger partial charge in [-0.25, -0.2) is 0 Å². The van der Waals surface area contributed by atoms with Crippen LogP contribution in [0.2, 0.25) is 0 Å². The van der Waals surface area contributed by atoms with Crippen molar-refractivity contribution in [2.45, 2.75) is 46.0 Å². The summed E-state index contributed by atoms with van der Waals surface area (Å²) in [7, 11) is 0. The molecular weight excluding hydrogens is 284 g/mol. The maximum atomic E-state index is 12.5. The Morgan fingerprint density at radius 3 is 1.96 bits per heavy atom. The number of ketones is 1. The van der Waals surface area contributed by atoms with Gasteiger partial charge in [0.1, 0.15) is 5.75 Å². The van der Waals surface area contributed by atoms with Crippen LogP contribution in [0.25, 0.3) is 0 Å². The second kappa shape index (κ2) is 9.14. The Morgan fingerprint density at radius 1 is 0.826 bits per heavy atom. The van der Waals surface area contributed by atoms with E-state index in [1.165, 1.54) is 18.4 Å². The molecule has 23 heavy (non-hydrogen) atoms. The SMILES string of the molecule is CCCCOc1ccc(C(=O)c2ccc(CCCC)cc2)cc1. The third-order valence-corrected chi connectivity index (χ3v) is 3.92. The third-order valence-electron chi connectivity index (χ3n) is 3.92. The van der Waals surface area contributed by atoms with Crippen molar-refractivity contribution >= 4 is 5.78 Å². The van der Waals surface area contributed by atoms with Gasteiger partial charge in [0.05, 0.1) is 6.61 Å².